The second-order valence-electron chi connectivity index (χ2n) is 3.58. The number of anilines is 1. The average molecular weight is 225 g/mol. The third kappa shape index (κ3) is 3.72. The molecule has 1 unspecified atom stereocenters. The quantitative estimate of drug-likeness (QED) is 0.619. The fourth-order valence-corrected chi connectivity index (χ4v) is 1.22. The van der Waals surface area contributed by atoms with Crippen LogP contribution in [0.4, 0.5) is 5.82 Å². The van der Waals surface area contributed by atoms with Gasteiger partial charge in [0, 0.05) is 18.9 Å². The number of H-pyrrole nitrogens is 1. The Morgan fingerprint density at radius 3 is 3.06 bits per heavy atom. The molecule has 1 aromatic heterocycles. The van der Waals surface area contributed by atoms with Gasteiger partial charge in [0.25, 0.3) is 5.56 Å². The van der Waals surface area contributed by atoms with Gasteiger partial charge in [-0.05, 0) is 12.8 Å². The highest BCUT2D eigenvalue weighted by Crippen LogP contribution is 2.05. The molecule has 0 amide bonds. The van der Waals surface area contributed by atoms with Crippen molar-refractivity contribution < 1.29 is 9.90 Å². The Morgan fingerprint density at radius 2 is 2.44 bits per heavy atom. The average Bonchev–Trinajstić information content (AvgIpc) is 2.26. The van der Waals surface area contributed by atoms with E-state index in [1.165, 1.54) is 12.4 Å². The second-order valence-corrected chi connectivity index (χ2v) is 3.58. The lowest BCUT2D eigenvalue weighted by atomic mass is 10.1. The smallest absolute Gasteiger partial charge is 0.306 e. The van der Waals surface area contributed by atoms with Gasteiger partial charge in [0.05, 0.1) is 5.92 Å². The highest BCUT2D eigenvalue weighted by Gasteiger charge is 2.09. The zero-order chi connectivity index (χ0) is 12.0. The van der Waals surface area contributed by atoms with E-state index in [1.54, 1.807) is 6.92 Å². The largest absolute Gasteiger partial charge is 0.481 e. The molecular formula is C10H15N3O3. The van der Waals surface area contributed by atoms with Crippen molar-refractivity contribution in [3.8, 4) is 0 Å². The van der Waals surface area contributed by atoms with Crippen LogP contribution >= 0.6 is 0 Å². The Morgan fingerprint density at radius 1 is 1.69 bits per heavy atom. The minimum absolute atomic E-state index is 0.269. The molecule has 0 bridgehead atoms. The molecule has 3 N–H and O–H groups in total. The fourth-order valence-electron chi connectivity index (χ4n) is 1.22. The Labute approximate surface area is 92.7 Å². The molecule has 6 nitrogen and oxygen atoms in total. The van der Waals surface area contributed by atoms with E-state index in [0.717, 1.165) is 0 Å². The molecule has 16 heavy (non-hydrogen) atoms. The van der Waals surface area contributed by atoms with Crippen LogP contribution in [0.2, 0.25) is 0 Å². The van der Waals surface area contributed by atoms with Crippen molar-refractivity contribution in [1.82, 2.24) is 9.97 Å². The van der Waals surface area contributed by atoms with Crippen molar-refractivity contribution in [3.63, 3.8) is 0 Å². The maximum atomic E-state index is 11.2. The van der Waals surface area contributed by atoms with Gasteiger partial charge in [0.2, 0.25) is 0 Å². The van der Waals surface area contributed by atoms with Crippen LogP contribution in [0.1, 0.15) is 19.8 Å². The standard InChI is InChI=1S/C10H15N3O3/c1-7(10(15)16)3-2-4-11-8-9(14)13-6-5-12-8/h5-7H,2-4H2,1H3,(H,11,12)(H,13,14)(H,15,16). The minimum Gasteiger partial charge on any atom is -0.481 e. The van der Waals surface area contributed by atoms with E-state index in [-0.39, 0.29) is 17.3 Å². The lowest BCUT2D eigenvalue weighted by molar-refractivity contribution is -0.141. The summed E-state index contributed by atoms with van der Waals surface area (Å²) in [5, 5.41) is 11.5. The number of carboxylic acid groups (broad SMARTS) is 1. The summed E-state index contributed by atoms with van der Waals surface area (Å²) in [7, 11) is 0. The van der Waals surface area contributed by atoms with Gasteiger partial charge in [-0.3, -0.25) is 9.59 Å². The van der Waals surface area contributed by atoms with E-state index in [9.17, 15) is 9.59 Å². The predicted octanol–water partition coefficient (Wildman–Crippen LogP) is 0.683. The molecule has 1 rings (SSSR count). The van der Waals surface area contributed by atoms with Gasteiger partial charge in [0.15, 0.2) is 5.82 Å². The molecule has 1 aromatic rings. The number of hydrogen-bond donors (Lipinski definition) is 3. The number of aliphatic carboxylic acids is 1. The molecule has 1 atom stereocenters. The van der Waals surface area contributed by atoms with E-state index in [1.807, 2.05) is 0 Å². The van der Waals surface area contributed by atoms with Gasteiger partial charge in [-0.25, -0.2) is 4.98 Å². The van der Waals surface area contributed by atoms with Crippen LogP contribution in [0.25, 0.3) is 0 Å². The van der Waals surface area contributed by atoms with Crippen LogP contribution in [-0.4, -0.2) is 27.6 Å². The summed E-state index contributed by atoms with van der Waals surface area (Å²) in [6.45, 7) is 2.20. The highest BCUT2D eigenvalue weighted by molar-refractivity contribution is 5.69. The van der Waals surface area contributed by atoms with Crippen LogP contribution in [0.15, 0.2) is 17.2 Å². The van der Waals surface area contributed by atoms with Gasteiger partial charge in [-0.2, -0.15) is 0 Å². The number of carboxylic acids is 1. The zero-order valence-corrected chi connectivity index (χ0v) is 9.06. The maximum Gasteiger partial charge on any atom is 0.306 e. The molecule has 0 spiro atoms. The van der Waals surface area contributed by atoms with Gasteiger partial charge in [-0.15, -0.1) is 0 Å². The monoisotopic (exact) mass is 225 g/mol. The van der Waals surface area contributed by atoms with E-state index in [0.29, 0.717) is 19.4 Å². The van der Waals surface area contributed by atoms with E-state index < -0.39 is 5.97 Å². The van der Waals surface area contributed by atoms with E-state index in [4.69, 9.17) is 5.11 Å². The molecule has 0 saturated carbocycles. The van der Waals surface area contributed by atoms with Crippen LogP contribution in [0.5, 0.6) is 0 Å². The van der Waals surface area contributed by atoms with Crippen molar-refractivity contribution in [2.24, 2.45) is 5.92 Å². The SMILES string of the molecule is CC(CCCNc1ncc[nH]c1=O)C(=O)O. The van der Waals surface area contributed by atoms with Gasteiger partial charge in [0.1, 0.15) is 0 Å². The van der Waals surface area contributed by atoms with Crippen molar-refractivity contribution >= 4 is 11.8 Å². The molecule has 0 aliphatic carbocycles. The summed E-state index contributed by atoms with van der Waals surface area (Å²) in [5.41, 5.74) is -0.270. The summed E-state index contributed by atoms with van der Waals surface area (Å²) in [5.74, 6) is -0.884. The van der Waals surface area contributed by atoms with E-state index in [2.05, 4.69) is 15.3 Å². The molecule has 0 saturated heterocycles. The molecule has 0 radical (unpaired) electrons. The number of aromatic nitrogens is 2. The fraction of sp³-hybridized carbons (Fsp3) is 0.500. The van der Waals surface area contributed by atoms with Gasteiger partial charge < -0.3 is 15.4 Å². The Bertz CT molecular complexity index is 402. The summed E-state index contributed by atoms with van der Waals surface area (Å²) in [6, 6.07) is 0. The molecule has 6 heteroatoms. The van der Waals surface area contributed by atoms with Crippen LogP contribution < -0.4 is 10.9 Å². The topological polar surface area (TPSA) is 95.1 Å². The zero-order valence-electron chi connectivity index (χ0n) is 9.06. The highest BCUT2D eigenvalue weighted by atomic mass is 16.4. The third-order valence-corrected chi connectivity index (χ3v) is 2.24. The maximum absolute atomic E-state index is 11.2. The minimum atomic E-state index is -0.796. The lowest BCUT2D eigenvalue weighted by Gasteiger charge is -2.06. The summed E-state index contributed by atoms with van der Waals surface area (Å²) in [6.07, 6.45) is 4.21. The van der Waals surface area contributed by atoms with Crippen LogP contribution in [0, 0.1) is 5.92 Å². The van der Waals surface area contributed by atoms with Crippen LogP contribution in [-0.2, 0) is 4.79 Å². The second kappa shape index (κ2) is 5.89. The third-order valence-electron chi connectivity index (χ3n) is 2.24. The molecule has 0 aliphatic rings. The van der Waals surface area contributed by atoms with Gasteiger partial charge in [-0.1, -0.05) is 6.92 Å². The lowest BCUT2D eigenvalue weighted by Crippen LogP contribution is -2.17. The molecule has 88 valence electrons. The Balaban J connectivity index is 2.29. The number of carbonyl (C=O) groups is 1. The number of hydrogen-bond acceptors (Lipinski definition) is 4. The summed E-state index contributed by atoms with van der Waals surface area (Å²) < 4.78 is 0. The van der Waals surface area contributed by atoms with Crippen molar-refractivity contribution in [2.45, 2.75) is 19.8 Å². The van der Waals surface area contributed by atoms with E-state index >= 15 is 0 Å². The first-order valence-electron chi connectivity index (χ1n) is 5.11. The normalized spacial score (nSPS) is 12.1. The van der Waals surface area contributed by atoms with Crippen LogP contribution in [0.3, 0.4) is 0 Å². The molecule has 0 fully saturated rings. The summed E-state index contributed by atoms with van der Waals surface area (Å²) >= 11 is 0. The number of nitrogens with zero attached hydrogens (tertiary/aromatic N) is 1. The van der Waals surface area contributed by atoms with Crippen molar-refractivity contribution in [2.75, 3.05) is 11.9 Å². The first-order valence-corrected chi connectivity index (χ1v) is 5.11. The first-order chi connectivity index (χ1) is 7.61. The van der Waals surface area contributed by atoms with Crippen molar-refractivity contribution in [3.05, 3.63) is 22.7 Å². The number of nitrogens with one attached hydrogen (secondary N) is 2. The molecule has 1 heterocycles. The summed E-state index contributed by atoms with van der Waals surface area (Å²) in [4.78, 5) is 28.1. The Hall–Kier alpha value is -1.85. The number of aromatic amines is 1. The molecular weight excluding hydrogens is 210 g/mol. The predicted molar refractivity (Wildman–Crippen MR) is 59.4 cm³/mol. The Kier molecular flexibility index (Phi) is 4.50. The van der Waals surface area contributed by atoms with Crippen molar-refractivity contribution in [1.29, 1.82) is 0 Å². The number of rotatable bonds is 6. The van der Waals surface area contributed by atoms with Gasteiger partial charge >= 0.3 is 5.97 Å². The molecule has 0 aromatic carbocycles. The molecule has 0 aliphatic heterocycles. The first kappa shape index (κ1) is 12.2.